The van der Waals surface area contributed by atoms with Gasteiger partial charge in [0, 0.05) is 0 Å². The smallest absolute Gasteiger partial charge is 0.227 e. The Balaban J connectivity index is 1.59. The molecular weight excluding hydrogens is 442 g/mol. The fourth-order valence-electron chi connectivity index (χ4n) is 11.2. The van der Waals surface area contributed by atoms with Crippen molar-refractivity contribution in [1.82, 2.24) is 5.32 Å². The van der Waals surface area contributed by atoms with Crippen LogP contribution in [0.2, 0.25) is 0 Å². The Morgan fingerprint density at radius 2 is 1.75 bits per heavy atom. The Bertz CT molecular complexity index is 990. The molecule has 0 aromatic heterocycles. The highest BCUT2D eigenvalue weighted by Crippen LogP contribution is 2.75. The fourth-order valence-corrected chi connectivity index (χ4v) is 11.2. The summed E-state index contributed by atoms with van der Waals surface area (Å²) >= 11 is 0. The number of aliphatic hydroxyl groups excluding tert-OH is 1. The number of hydrogen-bond acceptors (Lipinski definition) is 2. The molecule has 200 valence electrons. The van der Waals surface area contributed by atoms with Gasteiger partial charge in [0.25, 0.3) is 0 Å². The zero-order valence-corrected chi connectivity index (χ0v) is 24.0. The summed E-state index contributed by atoms with van der Waals surface area (Å²) < 4.78 is 0. The number of carbonyl (C=O) groups is 1. The Morgan fingerprint density at radius 3 is 2.44 bits per heavy atom. The first-order chi connectivity index (χ1) is 16.8. The molecule has 3 heteroatoms. The van der Waals surface area contributed by atoms with Gasteiger partial charge in [0.2, 0.25) is 5.91 Å². The Hall–Kier alpha value is -1.27. The number of aliphatic hydroxyl groups is 1. The van der Waals surface area contributed by atoms with Crippen molar-refractivity contribution in [2.45, 2.75) is 112 Å². The van der Waals surface area contributed by atoms with Crippen molar-refractivity contribution in [2.75, 3.05) is 6.54 Å². The first-order valence-electron chi connectivity index (χ1n) is 14.9. The van der Waals surface area contributed by atoms with E-state index in [-0.39, 0.29) is 39.1 Å². The molecule has 5 aliphatic rings. The number of hydrogen-bond donors (Lipinski definition) is 2. The van der Waals surface area contributed by atoms with Gasteiger partial charge in [-0.15, -0.1) is 6.42 Å². The topological polar surface area (TPSA) is 49.3 Å². The van der Waals surface area contributed by atoms with Crippen molar-refractivity contribution in [3.63, 3.8) is 0 Å². The molecule has 5 rings (SSSR count). The second kappa shape index (κ2) is 8.36. The largest absolute Gasteiger partial charge is 0.393 e. The highest BCUT2D eigenvalue weighted by molar-refractivity contribution is 5.84. The van der Waals surface area contributed by atoms with E-state index in [0.717, 1.165) is 44.9 Å². The molecule has 0 aliphatic heterocycles. The lowest BCUT2D eigenvalue weighted by molar-refractivity contribution is -0.204. The van der Waals surface area contributed by atoms with Gasteiger partial charge in [-0.25, -0.2) is 0 Å². The minimum atomic E-state index is -0.310. The molecule has 0 heterocycles. The van der Waals surface area contributed by atoms with Gasteiger partial charge in [-0.1, -0.05) is 66.0 Å². The summed E-state index contributed by atoms with van der Waals surface area (Å²) in [6, 6.07) is 0. The molecule has 36 heavy (non-hydrogen) atoms. The monoisotopic (exact) mass is 493 g/mol. The predicted octanol–water partition coefficient (Wildman–Crippen LogP) is 6.75. The van der Waals surface area contributed by atoms with Crippen molar-refractivity contribution in [1.29, 1.82) is 0 Å². The third-order valence-corrected chi connectivity index (χ3v) is 13.8. The molecule has 4 fully saturated rings. The maximum absolute atomic E-state index is 13.8. The van der Waals surface area contributed by atoms with Gasteiger partial charge >= 0.3 is 0 Å². The molecule has 0 aromatic rings. The minimum absolute atomic E-state index is 0.0244. The van der Waals surface area contributed by atoms with Gasteiger partial charge in [-0.05, 0) is 109 Å². The van der Waals surface area contributed by atoms with E-state index in [1.807, 2.05) is 0 Å². The Morgan fingerprint density at radius 1 is 1.03 bits per heavy atom. The first kappa shape index (κ1) is 26.3. The van der Waals surface area contributed by atoms with Crippen LogP contribution >= 0.6 is 0 Å². The van der Waals surface area contributed by atoms with Crippen molar-refractivity contribution in [3.8, 4) is 12.3 Å². The molecule has 5 aliphatic carbocycles. The normalized spacial score (nSPS) is 51.4. The van der Waals surface area contributed by atoms with Crippen molar-refractivity contribution < 1.29 is 9.90 Å². The van der Waals surface area contributed by atoms with E-state index >= 15 is 0 Å². The van der Waals surface area contributed by atoms with E-state index in [2.05, 4.69) is 65.8 Å². The second-order valence-electron chi connectivity index (χ2n) is 15.1. The van der Waals surface area contributed by atoms with Crippen molar-refractivity contribution in [2.24, 2.45) is 56.7 Å². The number of allylic oxidation sites excluding steroid dienone is 2. The minimum Gasteiger partial charge on any atom is -0.393 e. The summed E-state index contributed by atoms with van der Waals surface area (Å²) in [5.74, 6) is 5.47. The van der Waals surface area contributed by atoms with Crippen LogP contribution in [0.25, 0.3) is 0 Å². The van der Waals surface area contributed by atoms with Gasteiger partial charge < -0.3 is 10.4 Å². The number of fused-ring (bicyclic) bond motifs is 7. The van der Waals surface area contributed by atoms with E-state index in [0.29, 0.717) is 36.1 Å². The summed E-state index contributed by atoms with van der Waals surface area (Å²) in [5, 5.41) is 14.1. The molecule has 4 saturated carbocycles. The Kier molecular flexibility index (Phi) is 6.12. The zero-order chi connectivity index (χ0) is 26.3. The molecule has 10 atom stereocenters. The lowest BCUT2D eigenvalue weighted by Gasteiger charge is -2.71. The predicted molar refractivity (Wildman–Crippen MR) is 147 cm³/mol. The van der Waals surface area contributed by atoms with Crippen LogP contribution in [0.5, 0.6) is 0 Å². The van der Waals surface area contributed by atoms with E-state index in [4.69, 9.17) is 6.42 Å². The fraction of sp³-hybridized carbons (Fsp3) is 0.848. The van der Waals surface area contributed by atoms with Crippen molar-refractivity contribution in [3.05, 3.63) is 11.6 Å². The standard InChI is InChI=1S/C33H51NO2/c1-9-20-34-28(36)33-17-12-21(2)22(3)27(33)23-10-11-25-30(6)15-14-26(35)29(4,5)24(30)13-16-32(25,8)31(23,7)18-19-33/h1,10,21-22,24-27,35H,11-20H2,2-8H3,(H,34,36)/t21-,22+,24+,25?,26+,27+,30?,31-,32?,33+/m1/s1. The number of carbonyl (C=O) groups excluding carboxylic acids is 1. The van der Waals surface area contributed by atoms with Gasteiger partial charge in [0.05, 0.1) is 18.1 Å². The number of rotatable bonds is 2. The average molecular weight is 494 g/mol. The molecule has 0 spiro atoms. The van der Waals surface area contributed by atoms with E-state index in [9.17, 15) is 9.90 Å². The van der Waals surface area contributed by atoms with E-state index in [1.165, 1.54) is 12.8 Å². The third kappa shape index (κ3) is 3.18. The zero-order valence-electron chi connectivity index (χ0n) is 24.0. The van der Waals surface area contributed by atoms with Crippen LogP contribution in [0.1, 0.15) is 106 Å². The summed E-state index contributed by atoms with van der Waals surface area (Å²) in [7, 11) is 0. The quantitative estimate of drug-likeness (QED) is 0.330. The van der Waals surface area contributed by atoms with Crippen LogP contribution in [0.4, 0.5) is 0 Å². The Labute approximate surface area is 220 Å². The molecule has 0 radical (unpaired) electrons. The molecular formula is C33H51NO2. The van der Waals surface area contributed by atoms with E-state index < -0.39 is 0 Å². The highest BCUT2D eigenvalue weighted by atomic mass is 16.3. The van der Waals surface area contributed by atoms with Crippen LogP contribution in [-0.4, -0.2) is 23.7 Å². The van der Waals surface area contributed by atoms with Crippen LogP contribution < -0.4 is 5.32 Å². The lowest BCUT2D eigenvalue weighted by atomic mass is 9.33. The third-order valence-electron chi connectivity index (χ3n) is 13.8. The van der Waals surface area contributed by atoms with E-state index in [1.54, 1.807) is 5.57 Å². The molecule has 0 aromatic carbocycles. The van der Waals surface area contributed by atoms with Crippen LogP contribution in [0.15, 0.2) is 11.6 Å². The average Bonchev–Trinajstić information content (AvgIpc) is 2.83. The highest BCUT2D eigenvalue weighted by Gasteiger charge is 2.69. The molecule has 1 amide bonds. The van der Waals surface area contributed by atoms with Crippen molar-refractivity contribution >= 4 is 5.91 Å². The van der Waals surface area contributed by atoms with Gasteiger partial charge in [-0.3, -0.25) is 4.79 Å². The SMILES string of the molecule is C#CCNC(=O)[C@]12CC[C@@H](C)[C@H](C)[C@H]1C1=CCC3C4(C)CC[C@H](O)C(C)(C)[C@@H]4CCC3(C)[C@]1(C)CC2. The van der Waals surface area contributed by atoms with Gasteiger partial charge in [0.1, 0.15) is 0 Å². The van der Waals surface area contributed by atoms with Crippen LogP contribution in [0.3, 0.4) is 0 Å². The second-order valence-corrected chi connectivity index (χ2v) is 15.1. The van der Waals surface area contributed by atoms with Crippen LogP contribution in [0, 0.1) is 69.0 Å². The van der Waals surface area contributed by atoms with Gasteiger partial charge in [0.15, 0.2) is 0 Å². The number of nitrogens with one attached hydrogen (secondary N) is 1. The first-order valence-corrected chi connectivity index (χ1v) is 14.9. The molecule has 3 nitrogen and oxygen atoms in total. The maximum Gasteiger partial charge on any atom is 0.227 e. The number of terminal acetylenes is 1. The molecule has 0 saturated heterocycles. The number of amides is 1. The summed E-state index contributed by atoms with van der Waals surface area (Å²) in [4.78, 5) is 13.8. The van der Waals surface area contributed by atoms with Crippen LogP contribution in [-0.2, 0) is 4.79 Å². The molecule has 0 bridgehead atoms. The summed E-state index contributed by atoms with van der Waals surface area (Å²) in [6.07, 6.45) is 17.8. The molecule has 3 unspecified atom stereocenters. The van der Waals surface area contributed by atoms with Gasteiger partial charge in [-0.2, -0.15) is 0 Å². The lowest BCUT2D eigenvalue weighted by Crippen LogP contribution is -2.66. The maximum atomic E-state index is 13.8. The molecule has 2 N–H and O–H groups in total. The summed E-state index contributed by atoms with van der Waals surface area (Å²) in [6.45, 7) is 17.6. The summed E-state index contributed by atoms with van der Waals surface area (Å²) in [5.41, 5.74) is 1.88.